The predicted molar refractivity (Wildman–Crippen MR) is 67.7 cm³/mol. The molecular formula is C11H10FN3O2S. The van der Waals surface area contributed by atoms with Crippen molar-refractivity contribution in [1.82, 2.24) is 5.32 Å². The van der Waals surface area contributed by atoms with Crippen molar-refractivity contribution in [2.24, 2.45) is 5.73 Å². The van der Waals surface area contributed by atoms with Gasteiger partial charge in [0.15, 0.2) is 0 Å². The Hall–Kier alpha value is -2.02. The first-order valence-electron chi connectivity index (χ1n) is 5.15. The fourth-order valence-electron chi connectivity index (χ4n) is 1.83. The molecule has 3 N–H and O–H groups in total. The highest BCUT2D eigenvalue weighted by Crippen LogP contribution is 2.23. The molecule has 1 heterocycles. The predicted octanol–water partition coefficient (Wildman–Crippen LogP) is -0.0773. The van der Waals surface area contributed by atoms with Gasteiger partial charge in [0.05, 0.1) is 24.3 Å². The Kier molecular flexibility index (Phi) is 3.24. The van der Waals surface area contributed by atoms with Crippen LogP contribution in [0, 0.1) is 5.82 Å². The Morgan fingerprint density at radius 2 is 1.94 bits per heavy atom. The van der Waals surface area contributed by atoms with Crippen LogP contribution in [-0.2, 0) is 9.59 Å². The van der Waals surface area contributed by atoms with Crippen LogP contribution in [0.4, 0.5) is 10.1 Å². The zero-order chi connectivity index (χ0) is 13.3. The van der Waals surface area contributed by atoms with Gasteiger partial charge in [-0.2, -0.15) is 0 Å². The number of halogens is 1. The number of hydrogen-bond donors (Lipinski definition) is 2. The molecule has 2 amide bonds. The molecule has 0 atom stereocenters. The molecule has 5 nitrogen and oxygen atoms in total. The summed E-state index contributed by atoms with van der Waals surface area (Å²) >= 11 is 4.79. The average Bonchev–Trinajstić information content (AvgIpc) is 2.26. The van der Waals surface area contributed by atoms with Gasteiger partial charge in [-0.25, -0.2) is 4.39 Å². The largest absolute Gasteiger partial charge is 0.389 e. The van der Waals surface area contributed by atoms with Crippen LogP contribution in [0.1, 0.15) is 5.56 Å². The number of thiocarbonyl (C=S) groups is 1. The standard InChI is InChI=1S/C11H10FN3O2S/c12-6-2-1-3-7(10(6)11(13)18)15-4-8(16)14-9(17)5-15/h1-3H,4-5H2,(H2,13,18)(H,14,16,17). The Bertz CT molecular complexity index is 531. The molecule has 1 aromatic rings. The number of rotatable bonds is 2. The third-order valence-corrected chi connectivity index (χ3v) is 2.73. The van der Waals surface area contributed by atoms with Crippen molar-refractivity contribution < 1.29 is 14.0 Å². The van der Waals surface area contributed by atoms with Crippen LogP contribution in [0.5, 0.6) is 0 Å². The zero-order valence-electron chi connectivity index (χ0n) is 9.27. The number of piperazine rings is 1. The van der Waals surface area contributed by atoms with E-state index in [9.17, 15) is 14.0 Å². The summed E-state index contributed by atoms with van der Waals surface area (Å²) in [5, 5.41) is 2.16. The highest BCUT2D eigenvalue weighted by atomic mass is 32.1. The maximum atomic E-state index is 13.7. The second-order valence-electron chi connectivity index (χ2n) is 3.83. The molecule has 0 aliphatic carbocycles. The number of hydrogen-bond acceptors (Lipinski definition) is 4. The fourth-order valence-corrected chi connectivity index (χ4v) is 2.03. The van der Waals surface area contributed by atoms with Gasteiger partial charge in [0.2, 0.25) is 11.8 Å². The Morgan fingerprint density at radius 3 is 2.50 bits per heavy atom. The zero-order valence-corrected chi connectivity index (χ0v) is 10.1. The molecule has 1 aromatic carbocycles. The first-order valence-corrected chi connectivity index (χ1v) is 5.56. The van der Waals surface area contributed by atoms with Gasteiger partial charge in [-0.15, -0.1) is 0 Å². The molecule has 1 aliphatic heterocycles. The van der Waals surface area contributed by atoms with Crippen molar-refractivity contribution in [1.29, 1.82) is 0 Å². The first-order chi connectivity index (χ1) is 8.49. The summed E-state index contributed by atoms with van der Waals surface area (Å²) in [5.74, 6) is -1.45. The molecule has 18 heavy (non-hydrogen) atoms. The van der Waals surface area contributed by atoms with E-state index in [1.165, 1.54) is 17.0 Å². The lowest BCUT2D eigenvalue weighted by Gasteiger charge is -2.29. The van der Waals surface area contributed by atoms with Crippen molar-refractivity contribution in [3.63, 3.8) is 0 Å². The Labute approximate surface area is 108 Å². The second kappa shape index (κ2) is 4.69. The van der Waals surface area contributed by atoms with Gasteiger partial charge < -0.3 is 10.6 Å². The molecule has 7 heteroatoms. The fraction of sp³-hybridized carbons (Fsp3) is 0.182. The summed E-state index contributed by atoms with van der Waals surface area (Å²) in [7, 11) is 0. The first kappa shape index (κ1) is 12.4. The number of nitrogens with zero attached hydrogens (tertiary/aromatic N) is 1. The summed E-state index contributed by atoms with van der Waals surface area (Å²) in [6.07, 6.45) is 0. The monoisotopic (exact) mass is 267 g/mol. The van der Waals surface area contributed by atoms with E-state index in [0.717, 1.165) is 0 Å². The second-order valence-corrected chi connectivity index (χ2v) is 4.27. The molecule has 0 spiro atoms. The summed E-state index contributed by atoms with van der Waals surface area (Å²) in [6, 6.07) is 4.27. The highest BCUT2D eigenvalue weighted by Gasteiger charge is 2.25. The van der Waals surface area contributed by atoms with Gasteiger partial charge >= 0.3 is 0 Å². The molecule has 0 saturated carbocycles. The molecule has 0 bridgehead atoms. The lowest BCUT2D eigenvalue weighted by molar-refractivity contribution is -0.130. The van der Waals surface area contributed by atoms with E-state index in [1.807, 2.05) is 0 Å². The SMILES string of the molecule is NC(=S)c1c(F)cccc1N1CC(=O)NC(=O)C1. The topological polar surface area (TPSA) is 75.4 Å². The van der Waals surface area contributed by atoms with E-state index in [0.29, 0.717) is 5.69 Å². The number of carbonyl (C=O) groups excluding carboxylic acids is 2. The lowest BCUT2D eigenvalue weighted by atomic mass is 10.1. The minimum atomic E-state index is -0.571. The lowest BCUT2D eigenvalue weighted by Crippen LogP contribution is -2.52. The molecule has 1 aliphatic rings. The summed E-state index contributed by atoms with van der Waals surface area (Å²) in [5.41, 5.74) is 5.87. The highest BCUT2D eigenvalue weighted by molar-refractivity contribution is 7.80. The molecular weight excluding hydrogens is 257 g/mol. The number of nitrogens with two attached hydrogens (primary N) is 1. The van der Waals surface area contributed by atoms with Crippen LogP contribution >= 0.6 is 12.2 Å². The van der Waals surface area contributed by atoms with Gasteiger partial charge in [0, 0.05) is 0 Å². The number of benzene rings is 1. The van der Waals surface area contributed by atoms with Crippen molar-refractivity contribution in [3.05, 3.63) is 29.6 Å². The molecule has 94 valence electrons. The van der Waals surface area contributed by atoms with Crippen molar-refractivity contribution in [2.75, 3.05) is 18.0 Å². The molecule has 1 fully saturated rings. The van der Waals surface area contributed by atoms with Crippen LogP contribution in [0.25, 0.3) is 0 Å². The van der Waals surface area contributed by atoms with Gasteiger partial charge in [-0.3, -0.25) is 14.9 Å². The van der Waals surface area contributed by atoms with Crippen LogP contribution in [0.15, 0.2) is 18.2 Å². The van der Waals surface area contributed by atoms with Gasteiger partial charge in [0.25, 0.3) is 0 Å². The summed E-state index contributed by atoms with van der Waals surface area (Å²) in [4.78, 5) is 23.9. The minimum Gasteiger partial charge on any atom is -0.389 e. The average molecular weight is 267 g/mol. The Morgan fingerprint density at radius 1 is 1.33 bits per heavy atom. The number of nitrogens with one attached hydrogen (secondary N) is 1. The van der Waals surface area contributed by atoms with Crippen LogP contribution in [-0.4, -0.2) is 29.9 Å². The molecule has 0 aromatic heterocycles. The normalized spacial score (nSPS) is 15.5. The van der Waals surface area contributed by atoms with Crippen LogP contribution < -0.4 is 16.0 Å². The third kappa shape index (κ3) is 2.30. The van der Waals surface area contributed by atoms with Crippen LogP contribution in [0.3, 0.4) is 0 Å². The molecule has 1 saturated heterocycles. The molecule has 2 rings (SSSR count). The van der Waals surface area contributed by atoms with Crippen molar-refractivity contribution >= 4 is 34.7 Å². The number of amides is 2. The van der Waals surface area contributed by atoms with E-state index in [2.05, 4.69) is 5.32 Å². The van der Waals surface area contributed by atoms with Gasteiger partial charge in [-0.1, -0.05) is 18.3 Å². The van der Waals surface area contributed by atoms with E-state index >= 15 is 0 Å². The van der Waals surface area contributed by atoms with Crippen molar-refractivity contribution in [2.45, 2.75) is 0 Å². The number of anilines is 1. The molecule has 0 unspecified atom stereocenters. The third-order valence-electron chi connectivity index (χ3n) is 2.53. The smallest absolute Gasteiger partial charge is 0.246 e. The minimum absolute atomic E-state index is 0.0369. The van der Waals surface area contributed by atoms with Gasteiger partial charge in [0.1, 0.15) is 10.8 Å². The van der Waals surface area contributed by atoms with Gasteiger partial charge in [-0.05, 0) is 12.1 Å². The summed E-state index contributed by atoms with van der Waals surface area (Å²) in [6.45, 7) is -0.0738. The number of carbonyl (C=O) groups is 2. The summed E-state index contributed by atoms with van der Waals surface area (Å²) < 4.78 is 13.7. The van der Waals surface area contributed by atoms with E-state index in [1.54, 1.807) is 6.07 Å². The Balaban J connectivity index is 2.44. The van der Waals surface area contributed by atoms with E-state index in [-0.39, 0.29) is 23.6 Å². The van der Waals surface area contributed by atoms with E-state index < -0.39 is 17.6 Å². The van der Waals surface area contributed by atoms with Crippen LogP contribution in [0.2, 0.25) is 0 Å². The maximum Gasteiger partial charge on any atom is 0.246 e. The number of imide groups is 1. The molecule has 0 radical (unpaired) electrons. The van der Waals surface area contributed by atoms with Crippen molar-refractivity contribution in [3.8, 4) is 0 Å². The maximum absolute atomic E-state index is 13.7. The van der Waals surface area contributed by atoms with E-state index in [4.69, 9.17) is 18.0 Å². The quantitative estimate of drug-likeness (QED) is 0.579.